The monoisotopic (exact) mass is 203 g/mol. The van der Waals surface area contributed by atoms with Crippen LogP contribution in [-0.2, 0) is 20.1 Å². The summed E-state index contributed by atoms with van der Waals surface area (Å²) in [7, 11) is 2.04. The molecule has 0 amide bonds. The van der Waals surface area contributed by atoms with Crippen LogP contribution in [0.15, 0.2) is 49.3 Å². The summed E-state index contributed by atoms with van der Waals surface area (Å²) in [5.41, 5.74) is 0. The highest BCUT2D eigenvalue weighted by atomic mass is 15.1. The van der Waals surface area contributed by atoms with Crippen LogP contribution in [0.5, 0.6) is 0 Å². The Morgan fingerprint density at radius 1 is 1.07 bits per heavy atom. The predicted octanol–water partition coefficient (Wildman–Crippen LogP) is 0.690. The summed E-state index contributed by atoms with van der Waals surface area (Å²) in [6.07, 6.45) is 11.6. The third kappa shape index (κ3) is 2.91. The Kier molecular flexibility index (Phi) is 3.12. The maximum absolute atomic E-state index is 2.21. The third-order valence-electron chi connectivity index (χ3n) is 2.43. The summed E-state index contributed by atoms with van der Waals surface area (Å²) in [5.74, 6) is 0. The van der Waals surface area contributed by atoms with Gasteiger partial charge in [-0.2, -0.15) is 0 Å². The van der Waals surface area contributed by atoms with E-state index in [-0.39, 0.29) is 0 Å². The van der Waals surface area contributed by atoms with E-state index in [4.69, 9.17) is 0 Å². The first kappa shape index (κ1) is 9.90. The molecule has 0 saturated heterocycles. The van der Waals surface area contributed by atoms with E-state index in [9.17, 15) is 0 Å². The number of hydrogen-bond acceptors (Lipinski definition) is 0. The van der Waals surface area contributed by atoms with Gasteiger partial charge in [0.1, 0.15) is 12.4 Å². The number of aryl methyl sites for hydroxylation is 3. The smallest absolute Gasteiger partial charge is 0.240 e. The topological polar surface area (TPSA) is 12.7 Å². The van der Waals surface area contributed by atoms with Crippen LogP contribution < -0.4 is 9.13 Å². The summed E-state index contributed by atoms with van der Waals surface area (Å²) < 4.78 is 6.49. The molecule has 15 heavy (non-hydrogen) atoms. The molecule has 78 valence electrons. The summed E-state index contributed by atoms with van der Waals surface area (Å²) >= 11 is 0. The van der Waals surface area contributed by atoms with E-state index in [1.807, 2.05) is 13.1 Å². The standard InChI is InChI=1S/C12H17N3/c1-13-10-11-15(12-13)9-5-8-14-6-3-2-4-7-14/h2-4,6-7,10-12H,5,8-9H2,1H3/q+2. The van der Waals surface area contributed by atoms with E-state index >= 15 is 0 Å². The lowest BCUT2D eigenvalue weighted by Crippen LogP contribution is -2.32. The SMILES string of the molecule is C[n+]1ccn(CCC[n+]2ccccc2)c1. The van der Waals surface area contributed by atoms with Crippen LogP contribution >= 0.6 is 0 Å². The lowest BCUT2D eigenvalue weighted by atomic mass is 10.4. The average molecular weight is 203 g/mol. The van der Waals surface area contributed by atoms with Gasteiger partial charge in [0.2, 0.25) is 6.33 Å². The molecule has 3 heteroatoms. The Morgan fingerprint density at radius 2 is 1.87 bits per heavy atom. The molecule has 0 unspecified atom stereocenters. The van der Waals surface area contributed by atoms with E-state index in [2.05, 4.69) is 56.9 Å². The maximum atomic E-state index is 2.21. The molecule has 0 aliphatic heterocycles. The van der Waals surface area contributed by atoms with Crippen molar-refractivity contribution >= 4 is 0 Å². The van der Waals surface area contributed by atoms with Crippen LogP contribution in [-0.4, -0.2) is 4.57 Å². The van der Waals surface area contributed by atoms with E-state index < -0.39 is 0 Å². The Labute approximate surface area is 90.2 Å². The zero-order valence-electron chi connectivity index (χ0n) is 9.08. The molecule has 0 atom stereocenters. The number of pyridine rings is 1. The second-order valence-electron chi connectivity index (χ2n) is 3.78. The lowest BCUT2D eigenvalue weighted by molar-refractivity contribution is -0.697. The van der Waals surface area contributed by atoms with Crippen LogP contribution in [0.1, 0.15) is 6.42 Å². The first-order chi connectivity index (χ1) is 7.34. The predicted molar refractivity (Wildman–Crippen MR) is 56.9 cm³/mol. The van der Waals surface area contributed by atoms with Gasteiger partial charge in [0.25, 0.3) is 0 Å². The average Bonchev–Trinajstić information content (AvgIpc) is 2.66. The molecule has 2 aromatic heterocycles. The Hall–Kier alpha value is -1.64. The second-order valence-corrected chi connectivity index (χ2v) is 3.78. The zero-order valence-corrected chi connectivity index (χ0v) is 9.08. The first-order valence-electron chi connectivity index (χ1n) is 5.30. The molecule has 3 nitrogen and oxygen atoms in total. The highest BCUT2D eigenvalue weighted by molar-refractivity contribution is 4.83. The van der Waals surface area contributed by atoms with Gasteiger partial charge in [-0.1, -0.05) is 6.07 Å². The second kappa shape index (κ2) is 4.73. The highest BCUT2D eigenvalue weighted by Gasteiger charge is 2.02. The van der Waals surface area contributed by atoms with Gasteiger partial charge in [0.15, 0.2) is 18.9 Å². The van der Waals surface area contributed by atoms with Gasteiger partial charge >= 0.3 is 0 Å². The van der Waals surface area contributed by atoms with Gasteiger partial charge < -0.3 is 0 Å². The molecule has 0 N–H and O–H groups in total. The van der Waals surface area contributed by atoms with Crippen molar-refractivity contribution in [1.29, 1.82) is 0 Å². The minimum Gasteiger partial charge on any atom is -0.240 e. The van der Waals surface area contributed by atoms with Gasteiger partial charge in [0.05, 0.1) is 13.6 Å². The molecule has 0 spiro atoms. The van der Waals surface area contributed by atoms with Crippen molar-refractivity contribution in [3.05, 3.63) is 49.3 Å². The summed E-state index contributed by atoms with van der Waals surface area (Å²) in [6.45, 7) is 2.14. The van der Waals surface area contributed by atoms with E-state index in [1.165, 1.54) is 0 Å². The molecule has 0 aromatic carbocycles. The van der Waals surface area contributed by atoms with Gasteiger partial charge in [-0.3, -0.25) is 0 Å². The Balaban J connectivity index is 1.80. The number of nitrogens with zero attached hydrogens (tertiary/aromatic N) is 3. The van der Waals surface area contributed by atoms with Crippen molar-refractivity contribution in [2.45, 2.75) is 19.5 Å². The van der Waals surface area contributed by atoms with E-state index in [0.717, 1.165) is 19.5 Å². The molecule has 2 heterocycles. The third-order valence-corrected chi connectivity index (χ3v) is 2.43. The summed E-state index contributed by atoms with van der Waals surface area (Å²) in [5, 5.41) is 0. The molecular formula is C12H17N3+2. The van der Waals surface area contributed by atoms with Crippen LogP contribution in [0.4, 0.5) is 0 Å². The number of hydrogen-bond donors (Lipinski definition) is 0. The van der Waals surface area contributed by atoms with Gasteiger partial charge in [-0.15, -0.1) is 0 Å². The van der Waals surface area contributed by atoms with Crippen LogP contribution in [0.2, 0.25) is 0 Å². The minimum atomic E-state index is 1.07. The van der Waals surface area contributed by atoms with Crippen LogP contribution in [0.3, 0.4) is 0 Å². The van der Waals surface area contributed by atoms with Gasteiger partial charge in [-0.05, 0) is 0 Å². The zero-order chi connectivity index (χ0) is 10.5. The molecule has 0 bridgehead atoms. The van der Waals surface area contributed by atoms with Gasteiger partial charge in [-0.25, -0.2) is 13.7 Å². The van der Waals surface area contributed by atoms with Crippen molar-refractivity contribution in [3.8, 4) is 0 Å². The number of aromatic nitrogens is 3. The summed E-state index contributed by atoms with van der Waals surface area (Å²) in [6, 6.07) is 6.17. The molecule has 0 aliphatic rings. The molecule has 0 saturated carbocycles. The summed E-state index contributed by atoms with van der Waals surface area (Å²) in [4.78, 5) is 0. The fourth-order valence-electron chi connectivity index (χ4n) is 1.65. The Bertz CT molecular complexity index is 406. The quantitative estimate of drug-likeness (QED) is 0.649. The highest BCUT2D eigenvalue weighted by Crippen LogP contribution is 1.89. The number of imidazole rings is 1. The van der Waals surface area contributed by atoms with Crippen LogP contribution in [0, 0.1) is 0 Å². The maximum Gasteiger partial charge on any atom is 0.243 e. The lowest BCUT2D eigenvalue weighted by Gasteiger charge is -1.95. The van der Waals surface area contributed by atoms with E-state index in [0.29, 0.717) is 0 Å². The molecule has 0 fully saturated rings. The molecule has 0 aliphatic carbocycles. The molecule has 0 radical (unpaired) electrons. The van der Waals surface area contributed by atoms with Crippen molar-refractivity contribution in [2.75, 3.05) is 0 Å². The fraction of sp³-hybridized carbons (Fsp3) is 0.333. The van der Waals surface area contributed by atoms with Crippen molar-refractivity contribution in [2.24, 2.45) is 7.05 Å². The molecule has 2 aromatic rings. The van der Waals surface area contributed by atoms with Crippen LogP contribution in [0.25, 0.3) is 0 Å². The van der Waals surface area contributed by atoms with Crippen molar-refractivity contribution in [1.82, 2.24) is 4.57 Å². The largest absolute Gasteiger partial charge is 0.243 e. The minimum absolute atomic E-state index is 1.07. The van der Waals surface area contributed by atoms with E-state index in [1.54, 1.807) is 0 Å². The number of rotatable bonds is 4. The first-order valence-corrected chi connectivity index (χ1v) is 5.30. The van der Waals surface area contributed by atoms with Crippen molar-refractivity contribution in [3.63, 3.8) is 0 Å². The van der Waals surface area contributed by atoms with Gasteiger partial charge in [0, 0.05) is 18.6 Å². The molecular weight excluding hydrogens is 186 g/mol. The normalized spacial score (nSPS) is 10.5. The van der Waals surface area contributed by atoms with Crippen molar-refractivity contribution < 1.29 is 9.13 Å². The molecule has 2 rings (SSSR count). The Morgan fingerprint density at radius 3 is 2.53 bits per heavy atom. The fourth-order valence-corrected chi connectivity index (χ4v) is 1.65.